The number of rotatable bonds is 2. The second kappa shape index (κ2) is 5.22. The van der Waals surface area contributed by atoms with Crippen LogP contribution in [0.5, 0.6) is 5.75 Å². The van der Waals surface area contributed by atoms with Crippen LogP contribution < -0.4 is 9.61 Å². The molecule has 2 aromatic carbocycles. The Balaban J connectivity index is 2.22. The van der Waals surface area contributed by atoms with Crippen molar-refractivity contribution in [3.05, 3.63) is 36.4 Å². The van der Waals surface area contributed by atoms with Gasteiger partial charge in [-0.1, -0.05) is 52.0 Å². The largest absolute Gasteiger partial charge is 0.520 e. The maximum absolute atomic E-state index is 6.82. The van der Waals surface area contributed by atoms with Gasteiger partial charge < -0.3 is 8.54 Å². The fourth-order valence-corrected chi connectivity index (χ4v) is 12.9. The molecule has 0 bridgehead atoms. The van der Waals surface area contributed by atoms with Crippen molar-refractivity contribution in [2.75, 3.05) is 0 Å². The molecule has 0 saturated heterocycles. The molecule has 1 heterocycles. The van der Waals surface area contributed by atoms with E-state index in [1.807, 2.05) is 0 Å². The monoisotopic (exact) mass is 330 g/mol. The number of fused-ring (bicyclic) bond motifs is 2. The molecule has 0 saturated carbocycles. The summed E-state index contributed by atoms with van der Waals surface area (Å²) in [6.07, 6.45) is 0. The predicted octanol–water partition coefficient (Wildman–Crippen LogP) is 4.92. The molecular formula is C18H26O2Si2. The van der Waals surface area contributed by atoms with Crippen molar-refractivity contribution in [3.8, 4) is 5.75 Å². The molecule has 0 radical (unpaired) electrons. The SMILES string of the molecule is CC(C)[Si]1(C(C)C)Oc2cc3ccccc3cc2[Si](C)(C)O1. The summed E-state index contributed by atoms with van der Waals surface area (Å²) in [5.74, 6) is 1.08. The average molecular weight is 331 g/mol. The summed E-state index contributed by atoms with van der Waals surface area (Å²) < 4.78 is 13.5. The van der Waals surface area contributed by atoms with Gasteiger partial charge >= 0.3 is 8.56 Å². The lowest BCUT2D eigenvalue weighted by molar-refractivity contribution is 0.339. The molecule has 1 aliphatic heterocycles. The average Bonchev–Trinajstić information content (AvgIpc) is 2.44. The highest BCUT2D eigenvalue weighted by Crippen LogP contribution is 2.41. The van der Waals surface area contributed by atoms with Crippen LogP contribution in [-0.4, -0.2) is 16.9 Å². The molecular weight excluding hydrogens is 304 g/mol. The zero-order chi connectivity index (χ0) is 16.1. The summed E-state index contributed by atoms with van der Waals surface area (Å²) in [5.41, 5.74) is 0.887. The Hall–Kier alpha value is -1.11. The van der Waals surface area contributed by atoms with Gasteiger partial charge in [-0.25, -0.2) is 0 Å². The van der Waals surface area contributed by atoms with E-state index in [0.717, 1.165) is 5.75 Å². The minimum absolute atomic E-state index is 0.443. The minimum Gasteiger partial charge on any atom is -0.520 e. The van der Waals surface area contributed by atoms with Crippen molar-refractivity contribution in [2.24, 2.45) is 0 Å². The zero-order valence-corrected chi connectivity index (χ0v) is 16.4. The summed E-state index contributed by atoms with van der Waals surface area (Å²) in [4.78, 5) is 0. The number of benzene rings is 2. The third-order valence-corrected chi connectivity index (χ3v) is 13.6. The highest BCUT2D eigenvalue weighted by atomic mass is 28.4. The van der Waals surface area contributed by atoms with Crippen LogP contribution in [0.3, 0.4) is 0 Å². The lowest BCUT2D eigenvalue weighted by Gasteiger charge is -2.48. The van der Waals surface area contributed by atoms with Gasteiger partial charge in [0.1, 0.15) is 5.75 Å². The van der Waals surface area contributed by atoms with Gasteiger partial charge in [-0.05, 0) is 36.0 Å². The lowest BCUT2D eigenvalue weighted by Crippen LogP contribution is -2.65. The Kier molecular flexibility index (Phi) is 3.74. The van der Waals surface area contributed by atoms with Crippen LogP contribution in [0.15, 0.2) is 36.4 Å². The van der Waals surface area contributed by atoms with Crippen LogP contribution in [0.4, 0.5) is 0 Å². The van der Waals surface area contributed by atoms with Gasteiger partial charge in [0.2, 0.25) is 8.32 Å². The van der Waals surface area contributed by atoms with Gasteiger partial charge in [0.05, 0.1) is 0 Å². The highest BCUT2D eigenvalue weighted by Gasteiger charge is 2.54. The molecule has 0 fully saturated rings. The van der Waals surface area contributed by atoms with Crippen LogP contribution in [0.2, 0.25) is 24.2 Å². The first-order valence-electron chi connectivity index (χ1n) is 8.19. The molecule has 0 N–H and O–H groups in total. The fourth-order valence-electron chi connectivity index (χ4n) is 3.56. The minimum atomic E-state index is -2.25. The molecule has 0 aliphatic carbocycles. The van der Waals surface area contributed by atoms with E-state index in [1.165, 1.54) is 16.0 Å². The maximum Gasteiger partial charge on any atom is 0.394 e. The summed E-state index contributed by atoms with van der Waals surface area (Å²) in [5, 5.41) is 3.83. The van der Waals surface area contributed by atoms with Gasteiger partial charge in [-0.15, -0.1) is 0 Å². The van der Waals surface area contributed by atoms with Crippen molar-refractivity contribution in [1.82, 2.24) is 0 Å². The molecule has 2 aromatic rings. The topological polar surface area (TPSA) is 18.5 Å². The van der Waals surface area contributed by atoms with E-state index in [-0.39, 0.29) is 0 Å². The van der Waals surface area contributed by atoms with E-state index in [2.05, 4.69) is 77.2 Å². The second-order valence-corrected chi connectivity index (χ2v) is 15.8. The quantitative estimate of drug-likeness (QED) is 0.727. The molecule has 3 rings (SSSR count). The normalized spacial score (nSPS) is 19.3. The zero-order valence-electron chi connectivity index (χ0n) is 14.4. The van der Waals surface area contributed by atoms with Crippen molar-refractivity contribution in [1.29, 1.82) is 0 Å². The van der Waals surface area contributed by atoms with Crippen LogP contribution in [-0.2, 0) is 4.12 Å². The van der Waals surface area contributed by atoms with Gasteiger partial charge in [0.25, 0.3) is 0 Å². The van der Waals surface area contributed by atoms with Crippen molar-refractivity contribution in [3.63, 3.8) is 0 Å². The first-order valence-corrected chi connectivity index (χ1v) is 13.1. The summed E-state index contributed by atoms with van der Waals surface area (Å²) in [7, 11) is -4.20. The van der Waals surface area contributed by atoms with Gasteiger partial charge in [-0.3, -0.25) is 0 Å². The van der Waals surface area contributed by atoms with E-state index in [4.69, 9.17) is 8.54 Å². The highest BCUT2D eigenvalue weighted by molar-refractivity contribution is 6.94. The first-order chi connectivity index (χ1) is 10.3. The standard InChI is InChI=1S/C18H26O2Si2/c1-13(2)22(14(3)4)19-17-11-15-9-7-8-10-16(15)12-18(17)21(5,6)20-22/h7-14H,1-6H3. The Morgan fingerprint density at radius 2 is 1.41 bits per heavy atom. The molecule has 1 aliphatic rings. The van der Waals surface area contributed by atoms with E-state index in [9.17, 15) is 0 Å². The van der Waals surface area contributed by atoms with Crippen LogP contribution >= 0.6 is 0 Å². The molecule has 0 spiro atoms. The van der Waals surface area contributed by atoms with E-state index in [1.54, 1.807) is 0 Å². The molecule has 0 atom stereocenters. The van der Waals surface area contributed by atoms with Crippen molar-refractivity contribution < 1.29 is 8.54 Å². The Morgan fingerprint density at radius 3 is 1.95 bits per heavy atom. The smallest absolute Gasteiger partial charge is 0.394 e. The fraction of sp³-hybridized carbons (Fsp3) is 0.444. The molecule has 0 unspecified atom stereocenters. The third-order valence-electron chi connectivity index (χ3n) is 4.79. The summed E-state index contributed by atoms with van der Waals surface area (Å²) in [6, 6.07) is 13.0. The Morgan fingerprint density at radius 1 is 0.864 bits per heavy atom. The van der Waals surface area contributed by atoms with Crippen LogP contribution in [0.25, 0.3) is 10.8 Å². The van der Waals surface area contributed by atoms with E-state index >= 15 is 0 Å². The van der Waals surface area contributed by atoms with Crippen molar-refractivity contribution >= 4 is 32.8 Å². The van der Waals surface area contributed by atoms with Gasteiger partial charge in [0.15, 0.2) is 0 Å². The summed E-state index contributed by atoms with van der Waals surface area (Å²) in [6.45, 7) is 13.6. The molecule has 2 nitrogen and oxygen atoms in total. The molecule has 0 aromatic heterocycles. The Bertz CT molecular complexity index is 699. The molecule has 22 heavy (non-hydrogen) atoms. The third kappa shape index (κ3) is 2.34. The first kappa shape index (κ1) is 15.8. The lowest BCUT2D eigenvalue weighted by atomic mass is 10.1. The second-order valence-electron chi connectivity index (χ2n) is 7.44. The van der Waals surface area contributed by atoms with E-state index in [0.29, 0.717) is 11.1 Å². The van der Waals surface area contributed by atoms with Gasteiger partial charge in [-0.2, -0.15) is 0 Å². The predicted molar refractivity (Wildman–Crippen MR) is 98.7 cm³/mol. The van der Waals surface area contributed by atoms with Gasteiger partial charge in [0, 0.05) is 16.3 Å². The van der Waals surface area contributed by atoms with Crippen LogP contribution in [0.1, 0.15) is 27.7 Å². The van der Waals surface area contributed by atoms with Crippen LogP contribution in [0, 0.1) is 0 Å². The molecule has 0 amide bonds. The number of hydrogen-bond donors (Lipinski definition) is 0. The molecule has 118 valence electrons. The van der Waals surface area contributed by atoms with E-state index < -0.39 is 16.9 Å². The number of hydrogen-bond acceptors (Lipinski definition) is 2. The molecule has 4 heteroatoms. The summed E-state index contributed by atoms with van der Waals surface area (Å²) >= 11 is 0. The van der Waals surface area contributed by atoms with Crippen molar-refractivity contribution in [2.45, 2.75) is 51.9 Å². The maximum atomic E-state index is 6.82. The Labute approximate surface area is 135 Å².